The van der Waals surface area contributed by atoms with Crippen molar-refractivity contribution in [2.75, 3.05) is 6.54 Å². The number of nitrogens with two attached hydrogens (primary N) is 1. The van der Waals surface area contributed by atoms with Gasteiger partial charge in [-0.3, -0.25) is 0 Å². The van der Waals surface area contributed by atoms with Gasteiger partial charge in [-0.2, -0.15) is 4.31 Å². The van der Waals surface area contributed by atoms with Crippen molar-refractivity contribution >= 4 is 10.0 Å². The third-order valence-electron chi connectivity index (χ3n) is 3.92. The van der Waals surface area contributed by atoms with Crippen molar-refractivity contribution in [3.8, 4) is 0 Å². The van der Waals surface area contributed by atoms with Gasteiger partial charge in [0.05, 0.1) is 4.90 Å². The van der Waals surface area contributed by atoms with E-state index in [4.69, 9.17) is 5.73 Å². The summed E-state index contributed by atoms with van der Waals surface area (Å²) < 4.78 is 40.9. The molecule has 1 heterocycles. The first kappa shape index (κ1) is 15.4. The van der Waals surface area contributed by atoms with Gasteiger partial charge >= 0.3 is 0 Å². The Morgan fingerprint density at radius 1 is 1.40 bits per heavy atom. The lowest BCUT2D eigenvalue weighted by Crippen LogP contribution is -2.42. The molecule has 6 heteroatoms. The quantitative estimate of drug-likeness (QED) is 0.930. The molecule has 4 nitrogen and oxygen atoms in total. The summed E-state index contributed by atoms with van der Waals surface area (Å²) in [5, 5.41) is 0. The van der Waals surface area contributed by atoms with Crippen LogP contribution in [0.5, 0.6) is 0 Å². The number of sulfonamides is 1. The molecular weight excluding hydrogens is 279 g/mol. The molecule has 0 spiro atoms. The van der Waals surface area contributed by atoms with Crippen molar-refractivity contribution in [3.05, 3.63) is 29.1 Å². The molecule has 1 aliphatic rings. The second-order valence-corrected chi connectivity index (χ2v) is 7.22. The number of benzene rings is 1. The first-order chi connectivity index (χ1) is 9.37. The number of hydrogen-bond acceptors (Lipinski definition) is 3. The van der Waals surface area contributed by atoms with E-state index in [0.29, 0.717) is 12.1 Å². The number of halogens is 1. The maximum absolute atomic E-state index is 13.9. The van der Waals surface area contributed by atoms with E-state index in [1.54, 1.807) is 0 Å². The summed E-state index contributed by atoms with van der Waals surface area (Å²) in [6, 6.07) is 2.75. The Hall–Kier alpha value is -0.980. The van der Waals surface area contributed by atoms with Crippen molar-refractivity contribution in [2.24, 2.45) is 5.73 Å². The molecule has 1 aliphatic heterocycles. The summed E-state index contributed by atoms with van der Waals surface area (Å²) in [6.07, 6.45) is 2.72. The molecule has 1 fully saturated rings. The molecule has 0 saturated carbocycles. The van der Waals surface area contributed by atoms with Crippen molar-refractivity contribution < 1.29 is 12.8 Å². The maximum atomic E-state index is 13.9. The van der Waals surface area contributed by atoms with Crippen LogP contribution in [0.15, 0.2) is 17.0 Å². The van der Waals surface area contributed by atoms with Crippen LogP contribution in [0.3, 0.4) is 0 Å². The van der Waals surface area contributed by atoms with E-state index in [-0.39, 0.29) is 23.0 Å². The Labute approximate surface area is 119 Å². The summed E-state index contributed by atoms with van der Waals surface area (Å²) in [5.74, 6) is -0.517. The topological polar surface area (TPSA) is 63.4 Å². The minimum Gasteiger partial charge on any atom is -0.326 e. The van der Waals surface area contributed by atoms with Crippen LogP contribution in [-0.2, 0) is 16.6 Å². The molecule has 1 unspecified atom stereocenters. The standard InChI is InChI=1S/C14H21FN2O2S/c1-10-5-3-4-6-17(10)20(18,19)14-8-12(9-16)7-13(15)11(14)2/h7-8,10H,3-6,9,16H2,1-2H3. The minimum atomic E-state index is -3.66. The number of rotatable bonds is 3. The average molecular weight is 300 g/mol. The molecule has 112 valence electrons. The number of piperidine rings is 1. The van der Waals surface area contributed by atoms with Gasteiger partial charge in [-0.25, -0.2) is 12.8 Å². The van der Waals surface area contributed by atoms with Crippen molar-refractivity contribution in [2.45, 2.75) is 50.6 Å². The van der Waals surface area contributed by atoms with Gasteiger partial charge in [0.15, 0.2) is 0 Å². The molecule has 0 radical (unpaired) electrons. The van der Waals surface area contributed by atoms with E-state index in [0.717, 1.165) is 19.3 Å². The Balaban J connectivity index is 2.51. The van der Waals surface area contributed by atoms with Gasteiger partial charge < -0.3 is 5.73 Å². The highest BCUT2D eigenvalue weighted by molar-refractivity contribution is 7.89. The Morgan fingerprint density at radius 3 is 2.70 bits per heavy atom. The Morgan fingerprint density at radius 2 is 2.10 bits per heavy atom. The van der Waals surface area contributed by atoms with Gasteiger partial charge in [-0.15, -0.1) is 0 Å². The lowest BCUT2D eigenvalue weighted by molar-refractivity contribution is 0.268. The third-order valence-corrected chi connectivity index (χ3v) is 6.06. The number of hydrogen-bond donors (Lipinski definition) is 1. The van der Waals surface area contributed by atoms with Crippen LogP contribution < -0.4 is 5.73 Å². The van der Waals surface area contributed by atoms with Gasteiger partial charge in [-0.05, 0) is 44.4 Å². The molecule has 2 rings (SSSR count). The van der Waals surface area contributed by atoms with Gasteiger partial charge in [0.1, 0.15) is 5.82 Å². The first-order valence-electron chi connectivity index (χ1n) is 6.89. The van der Waals surface area contributed by atoms with Crippen LogP contribution in [-0.4, -0.2) is 25.3 Å². The van der Waals surface area contributed by atoms with E-state index in [1.807, 2.05) is 6.92 Å². The van der Waals surface area contributed by atoms with Crippen LogP contribution in [0.1, 0.15) is 37.3 Å². The van der Waals surface area contributed by atoms with Gasteiger partial charge in [0.2, 0.25) is 10.0 Å². The zero-order chi connectivity index (χ0) is 14.9. The molecule has 1 aromatic carbocycles. The van der Waals surface area contributed by atoms with Gasteiger partial charge in [-0.1, -0.05) is 6.42 Å². The van der Waals surface area contributed by atoms with E-state index in [2.05, 4.69) is 0 Å². The Bertz CT molecular complexity index is 601. The second kappa shape index (κ2) is 5.79. The fourth-order valence-electron chi connectivity index (χ4n) is 2.65. The first-order valence-corrected chi connectivity index (χ1v) is 8.33. The average Bonchev–Trinajstić information content (AvgIpc) is 2.41. The van der Waals surface area contributed by atoms with Crippen LogP contribution in [0.4, 0.5) is 4.39 Å². The lowest BCUT2D eigenvalue weighted by atomic mass is 10.1. The second-order valence-electron chi connectivity index (χ2n) is 5.37. The molecule has 20 heavy (non-hydrogen) atoms. The lowest BCUT2D eigenvalue weighted by Gasteiger charge is -2.32. The summed E-state index contributed by atoms with van der Waals surface area (Å²) in [4.78, 5) is 0.0479. The Kier molecular flexibility index (Phi) is 4.46. The van der Waals surface area contributed by atoms with Crippen molar-refractivity contribution in [1.29, 1.82) is 0 Å². The summed E-state index contributed by atoms with van der Waals surface area (Å²) in [5.41, 5.74) is 6.17. The molecule has 1 aromatic rings. The minimum absolute atomic E-state index is 0.0438. The number of nitrogens with zero attached hydrogens (tertiary/aromatic N) is 1. The summed E-state index contributed by atoms with van der Waals surface area (Å²) in [7, 11) is -3.66. The van der Waals surface area contributed by atoms with Crippen molar-refractivity contribution in [1.82, 2.24) is 4.31 Å². The van der Waals surface area contributed by atoms with Gasteiger partial charge in [0, 0.05) is 24.7 Å². The van der Waals surface area contributed by atoms with Crippen LogP contribution in [0, 0.1) is 12.7 Å². The maximum Gasteiger partial charge on any atom is 0.243 e. The van der Waals surface area contributed by atoms with E-state index < -0.39 is 15.8 Å². The van der Waals surface area contributed by atoms with Crippen LogP contribution in [0.25, 0.3) is 0 Å². The van der Waals surface area contributed by atoms with E-state index in [9.17, 15) is 12.8 Å². The molecule has 2 N–H and O–H groups in total. The van der Waals surface area contributed by atoms with Crippen molar-refractivity contribution in [3.63, 3.8) is 0 Å². The normalized spacial score (nSPS) is 21.1. The summed E-state index contributed by atoms with van der Waals surface area (Å²) >= 11 is 0. The molecule has 1 atom stereocenters. The largest absolute Gasteiger partial charge is 0.326 e. The molecule has 0 aliphatic carbocycles. The fourth-order valence-corrected chi connectivity index (χ4v) is 4.63. The third kappa shape index (κ3) is 2.73. The predicted octanol–water partition coefficient (Wildman–Crippen LogP) is 2.16. The van der Waals surface area contributed by atoms with Crippen LogP contribution in [0.2, 0.25) is 0 Å². The van der Waals surface area contributed by atoms with Gasteiger partial charge in [0.25, 0.3) is 0 Å². The van der Waals surface area contributed by atoms with E-state index in [1.165, 1.54) is 23.4 Å². The highest BCUT2D eigenvalue weighted by Crippen LogP contribution is 2.28. The van der Waals surface area contributed by atoms with Crippen LogP contribution >= 0.6 is 0 Å². The molecule has 0 amide bonds. The zero-order valence-corrected chi connectivity index (χ0v) is 12.7. The van der Waals surface area contributed by atoms with E-state index >= 15 is 0 Å². The zero-order valence-electron chi connectivity index (χ0n) is 11.9. The monoisotopic (exact) mass is 300 g/mol. The summed E-state index contributed by atoms with van der Waals surface area (Å²) in [6.45, 7) is 4.01. The molecule has 1 saturated heterocycles. The highest BCUT2D eigenvalue weighted by Gasteiger charge is 2.32. The predicted molar refractivity (Wildman–Crippen MR) is 76.2 cm³/mol. The smallest absolute Gasteiger partial charge is 0.243 e. The molecular formula is C14H21FN2O2S. The SMILES string of the molecule is Cc1c(F)cc(CN)cc1S(=O)(=O)N1CCCCC1C. The molecule has 0 bridgehead atoms. The fraction of sp³-hybridized carbons (Fsp3) is 0.571. The molecule has 0 aromatic heterocycles. The highest BCUT2D eigenvalue weighted by atomic mass is 32.2.